The SMILES string of the molecule is COC(=O)[C@@]1(c2ccccc2C)C[C@@H](O[Si](c2ccccc2)(c2ccccc2)C(C)(C)C)CC(=C(C)C)C1=O. The fourth-order valence-corrected chi connectivity index (χ4v) is 11.0. The van der Waals surface area contributed by atoms with Gasteiger partial charge in [0.25, 0.3) is 8.32 Å². The number of hydrogen-bond donors (Lipinski definition) is 0. The average Bonchev–Trinajstić information content (AvgIpc) is 2.92. The van der Waals surface area contributed by atoms with Crippen LogP contribution in [0.4, 0.5) is 0 Å². The number of ether oxygens (including phenoxy) is 1. The van der Waals surface area contributed by atoms with Gasteiger partial charge in [0.2, 0.25) is 0 Å². The summed E-state index contributed by atoms with van der Waals surface area (Å²) in [6.45, 7) is 12.6. The minimum absolute atomic E-state index is 0.175. The third kappa shape index (κ3) is 4.94. The van der Waals surface area contributed by atoms with Gasteiger partial charge in [-0.15, -0.1) is 0 Å². The Bertz CT molecular complexity index is 1330. The van der Waals surface area contributed by atoms with E-state index in [0.717, 1.165) is 11.1 Å². The van der Waals surface area contributed by atoms with Crippen molar-refractivity contribution in [3.05, 3.63) is 107 Å². The highest BCUT2D eigenvalue weighted by molar-refractivity contribution is 6.99. The van der Waals surface area contributed by atoms with Gasteiger partial charge in [0.15, 0.2) is 11.2 Å². The first kappa shape index (κ1) is 28.7. The van der Waals surface area contributed by atoms with Crippen LogP contribution in [0.25, 0.3) is 0 Å². The second kappa shape index (κ2) is 11.1. The Morgan fingerprint density at radius 3 is 1.85 bits per heavy atom. The molecule has 0 saturated heterocycles. The van der Waals surface area contributed by atoms with E-state index in [1.807, 2.05) is 57.2 Å². The van der Waals surface area contributed by atoms with Crippen LogP contribution in [0.2, 0.25) is 5.04 Å². The van der Waals surface area contributed by atoms with Crippen LogP contribution in [0.15, 0.2) is 96.1 Å². The Morgan fingerprint density at radius 2 is 1.38 bits per heavy atom. The Hall–Kier alpha value is -3.28. The number of ketones is 1. The first-order valence-corrected chi connectivity index (χ1v) is 15.5. The van der Waals surface area contributed by atoms with Crippen molar-refractivity contribution >= 4 is 30.4 Å². The summed E-state index contributed by atoms with van der Waals surface area (Å²) in [7, 11) is -1.57. The van der Waals surface area contributed by atoms with E-state index >= 15 is 0 Å². The molecule has 3 aromatic carbocycles. The molecular weight excluding hydrogens is 500 g/mol. The van der Waals surface area contributed by atoms with Crippen LogP contribution in [0.3, 0.4) is 0 Å². The number of Topliss-reactive ketones (excluding diaryl/α,β-unsaturated/α-hetero) is 1. The third-order valence-electron chi connectivity index (χ3n) is 8.13. The minimum Gasteiger partial charge on any atom is -0.468 e. The van der Waals surface area contributed by atoms with Gasteiger partial charge in [0.1, 0.15) is 0 Å². The van der Waals surface area contributed by atoms with Gasteiger partial charge in [-0.05, 0) is 52.9 Å². The van der Waals surface area contributed by atoms with Gasteiger partial charge in [-0.3, -0.25) is 9.59 Å². The molecular formula is C34H40O4Si. The van der Waals surface area contributed by atoms with Gasteiger partial charge in [0, 0.05) is 12.8 Å². The second-order valence-electron chi connectivity index (χ2n) is 11.8. The molecule has 0 aromatic heterocycles. The summed E-state index contributed by atoms with van der Waals surface area (Å²) in [5.74, 6) is -0.706. The van der Waals surface area contributed by atoms with Crippen LogP contribution in [0, 0.1) is 6.92 Å². The normalized spacial score (nSPS) is 20.0. The molecule has 0 amide bonds. The molecule has 4 rings (SSSR count). The maximum atomic E-state index is 14.3. The molecule has 1 saturated carbocycles. The fourth-order valence-electron chi connectivity index (χ4n) is 6.28. The summed E-state index contributed by atoms with van der Waals surface area (Å²) in [6, 6.07) is 28.6. The molecule has 39 heavy (non-hydrogen) atoms. The maximum absolute atomic E-state index is 14.3. The molecule has 1 fully saturated rings. The number of esters is 1. The van der Waals surface area contributed by atoms with Gasteiger partial charge in [-0.2, -0.15) is 0 Å². The number of carbonyl (C=O) groups excluding carboxylic acids is 2. The van der Waals surface area contributed by atoms with E-state index in [1.54, 1.807) is 0 Å². The summed E-state index contributed by atoms with van der Waals surface area (Å²) in [6.07, 6.45) is 0.304. The number of benzene rings is 3. The van der Waals surface area contributed by atoms with E-state index in [2.05, 4.69) is 69.3 Å². The zero-order chi connectivity index (χ0) is 28.4. The summed E-state index contributed by atoms with van der Waals surface area (Å²) in [5, 5.41) is 2.09. The van der Waals surface area contributed by atoms with E-state index in [4.69, 9.17) is 9.16 Å². The summed E-state index contributed by atoms with van der Waals surface area (Å²) in [4.78, 5) is 28.0. The highest BCUT2D eigenvalue weighted by atomic mass is 28.4. The molecule has 0 aliphatic heterocycles. The highest BCUT2D eigenvalue weighted by Gasteiger charge is 2.58. The molecule has 0 heterocycles. The first-order valence-electron chi connectivity index (χ1n) is 13.6. The number of allylic oxidation sites excluding steroid dienone is 1. The number of hydrogen-bond acceptors (Lipinski definition) is 4. The monoisotopic (exact) mass is 540 g/mol. The molecule has 0 radical (unpaired) electrons. The molecule has 5 heteroatoms. The Kier molecular flexibility index (Phi) is 8.15. The molecule has 0 N–H and O–H groups in total. The zero-order valence-corrected chi connectivity index (χ0v) is 25.2. The van der Waals surface area contributed by atoms with Crippen molar-refractivity contribution < 1.29 is 18.8 Å². The summed E-state index contributed by atoms with van der Waals surface area (Å²) in [5.41, 5.74) is 1.66. The van der Waals surface area contributed by atoms with E-state index in [0.29, 0.717) is 17.6 Å². The predicted octanol–water partition coefficient (Wildman–Crippen LogP) is 6.05. The Balaban J connectivity index is 1.98. The molecule has 0 bridgehead atoms. The number of carbonyl (C=O) groups is 2. The lowest BCUT2D eigenvalue weighted by atomic mass is 9.64. The molecule has 204 valence electrons. The van der Waals surface area contributed by atoms with E-state index in [9.17, 15) is 9.59 Å². The fraction of sp³-hybridized carbons (Fsp3) is 0.353. The standard InChI is InChI=1S/C34H40O4Si/c1-24(2)29-22-26(23-34(31(29)35,32(36)37-7)30-21-15-14-16-25(30)3)38-39(33(4,5)6,27-17-10-8-11-18-27)28-19-12-9-13-20-28/h8-21,26H,22-23H2,1-7H3/t26-,34+/m0/s1. The smallest absolute Gasteiger partial charge is 0.324 e. The average molecular weight is 541 g/mol. The van der Waals surface area contributed by atoms with Crippen LogP contribution in [-0.4, -0.2) is 33.3 Å². The lowest BCUT2D eigenvalue weighted by Crippen LogP contribution is -2.68. The molecule has 0 unspecified atom stereocenters. The van der Waals surface area contributed by atoms with Gasteiger partial charge >= 0.3 is 5.97 Å². The van der Waals surface area contributed by atoms with Gasteiger partial charge in [-0.1, -0.05) is 111 Å². The van der Waals surface area contributed by atoms with Crippen LogP contribution in [0.5, 0.6) is 0 Å². The van der Waals surface area contributed by atoms with Gasteiger partial charge in [0.05, 0.1) is 13.2 Å². The Labute approximate surface area is 234 Å². The van der Waals surface area contributed by atoms with Gasteiger partial charge in [-0.25, -0.2) is 0 Å². The second-order valence-corrected chi connectivity index (χ2v) is 16.1. The molecule has 2 atom stereocenters. The van der Waals surface area contributed by atoms with Crippen molar-refractivity contribution in [1.82, 2.24) is 0 Å². The summed E-state index contributed by atoms with van der Waals surface area (Å²) >= 11 is 0. The molecule has 1 aliphatic rings. The van der Waals surface area contributed by atoms with Gasteiger partial charge < -0.3 is 9.16 Å². The highest BCUT2D eigenvalue weighted by Crippen LogP contribution is 2.46. The van der Waals surface area contributed by atoms with Crippen molar-refractivity contribution in [2.75, 3.05) is 7.11 Å². The van der Waals surface area contributed by atoms with E-state index in [-0.39, 0.29) is 23.3 Å². The largest absolute Gasteiger partial charge is 0.468 e. The molecule has 0 spiro atoms. The Morgan fingerprint density at radius 1 is 0.872 bits per heavy atom. The van der Waals surface area contributed by atoms with Crippen molar-refractivity contribution in [1.29, 1.82) is 0 Å². The van der Waals surface area contributed by atoms with E-state index < -0.39 is 19.7 Å². The quantitative estimate of drug-likeness (QED) is 0.165. The van der Waals surface area contributed by atoms with Crippen molar-refractivity contribution in [3.8, 4) is 0 Å². The van der Waals surface area contributed by atoms with Crippen molar-refractivity contribution in [2.45, 2.75) is 70.9 Å². The van der Waals surface area contributed by atoms with E-state index in [1.165, 1.54) is 17.5 Å². The first-order chi connectivity index (χ1) is 18.5. The molecule has 4 nitrogen and oxygen atoms in total. The van der Waals surface area contributed by atoms with Crippen LogP contribution < -0.4 is 10.4 Å². The number of methoxy groups -OCH3 is 1. The number of rotatable bonds is 6. The van der Waals surface area contributed by atoms with Crippen molar-refractivity contribution in [2.24, 2.45) is 0 Å². The number of aryl methyl sites for hydroxylation is 1. The third-order valence-corrected chi connectivity index (χ3v) is 13.2. The van der Waals surface area contributed by atoms with Crippen LogP contribution in [-0.2, 0) is 24.2 Å². The maximum Gasteiger partial charge on any atom is 0.324 e. The van der Waals surface area contributed by atoms with Crippen LogP contribution in [0.1, 0.15) is 58.6 Å². The zero-order valence-electron chi connectivity index (χ0n) is 24.2. The lowest BCUT2D eigenvalue weighted by molar-refractivity contribution is -0.153. The molecule has 3 aromatic rings. The van der Waals surface area contributed by atoms with Crippen LogP contribution >= 0.6 is 0 Å². The topological polar surface area (TPSA) is 52.6 Å². The molecule has 1 aliphatic carbocycles. The van der Waals surface area contributed by atoms with Crippen molar-refractivity contribution in [3.63, 3.8) is 0 Å². The minimum atomic E-state index is -2.93. The summed E-state index contributed by atoms with van der Waals surface area (Å²) < 4.78 is 12.9. The predicted molar refractivity (Wildman–Crippen MR) is 160 cm³/mol. The lowest BCUT2D eigenvalue weighted by Gasteiger charge is -2.48.